The second-order valence-electron chi connectivity index (χ2n) is 9.47. The summed E-state index contributed by atoms with van der Waals surface area (Å²) in [5.41, 5.74) is 6.49. The molecule has 3 heterocycles. The smallest absolute Gasteiger partial charge is 0.458 e. The minimum absolute atomic E-state index is 0.0290. The molecule has 2 aromatic rings. The number of ether oxygens (including phenoxy) is 2. The summed E-state index contributed by atoms with van der Waals surface area (Å²) in [4.78, 5) is 41.2. The number of hydrogen-bond acceptors (Lipinski definition) is 10. The monoisotopic (exact) mass is 627 g/mol. The molecule has 6 atom stereocenters. The van der Waals surface area contributed by atoms with E-state index in [1.807, 2.05) is 32.9 Å². The number of nitrogens with two attached hydrogens (primary N) is 1. The lowest BCUT2D eigenvalue weighted by atomic mass is 10.0. The number of phosphoric acid groups is 1. The SMILES string of the molecule is CCC(C)[C@H](N)C(=O)O[C@H]1C[C@H](n2cc(/C=C/Br)c(=O)[nH]c2=O)O[C@@H]1COP1(=O)OCc2cccc(C)c2O1. The van der Waals surface area contributed by atoms with Crippen molar-refractivity contribution in [1.82, 2.24) is 9.55 Å². The molecule has 2 aliphatic rings. The molecule has 0 radical (unpaired) electrons. The van der Waals surface area contributed by atoms with Crippen molar-refractivity contribution in [3.05, 3.63) is 66.9 Å². The maximum atomic E-state index is 13.3. The van der Waals surface area contributed by atoms with Crippen molar-refractivity contribution >= 4 is 35.8 Å². The highest BCUT2D eigenvalue weighted by atomic mass is 79.9. The first kappa shape index (κ1) is 29.4. The number of esters is 1. The van der Waals surface area contributed by atoms with Gasteiger partial charge in [-0.25, -0.2) is 9.36 Å². The molecule has 0 bridgehead atoms. The highest BCUT2D eigenvalue weighted by molar-refractivity contribution is 9.11. The Kier molecular flexibility index (Phi) is 9.30. The number of nitrogens with zero attached hydrogens (tertiary/aromatic N) is 1. The number of rotatable bonds is 9. The van der Waals surface area contributed by atoms with Crippen molar-refractivity contribution in [2.75, 3.05) is 6.61 Å². The number of nitrogens with one attached hydrogen (secondary N) is 1. The number of aromatic amines is 1. The van der Waals surface area contributed by atoms with E-state index in [0.29, 0.717) is 12.2 Å². The lowest BCUT2D eigenvalue weighted by Gasteiger charge is -2.27. The first-order valence-electron chi connectivity index (χ1n) is 12.5. The van der Waals surface area contributed by atoms with Gasteiger partial charge in [0.2, 0.25) is 0 Å². The van der Waals surface area contributed by atoms with Crippen LogP contribution < -0.4 is 21.5 Å². The van der Waals surface area contributed by atoms with Gasteiger partial charge in [0.1, 0.15) is 30.2 Å². The largest absolute Gasteiger partial charge is 0.530 e. The molecule has 0 amide bonds. The van der Waals surface area contributed by atoms with E-state index in [1.54, 1.807) is 6.07 Å². The molecule has 14 heteroatoms. The molecule has 1 aromatic carbocycles. The maximum absolute atomic E-state index is 13.3. The van der Waals surface area contributed by atoms with Gasteiger partial charge in [-0.3, -0.25) is 28.2 Å². The van der Waals surface area contributed by atoms with Crippen LogP contribution in [0.5, 0.6) is 5.75 Å². The van der Waals surface area contributed by atoms with Crippen molar-refractivity contribution in [3.63, 3.8) is 0 Å². The van der Waals surface area contributed by atoms with Gasteiger partial charge in [0.15, 0.2) is 0 Å². The molecule has 1 fully saturated rings. The van der Waals surface area contributed by atoms with Gasteiger partial charge < -0.3 is 19.7 Å². The fourth-order valence-electron chi connectivity index (χ4n) is 4.23. The van der Waals surface area contributed by atoms with Gasteiger partial charge in [-0.2, -0.15) is 0 Å². The Bertz CT molecular complexity index is 1410. The fraction of sp³-hybridized carbons (Fsp3) is 0.480. The lowest BCUT2D eigenvalue weighted by molar-refractivity contribution is -0.155. The number of halogens is 1. The average Bonchev–Trinajstić information content (AvgIpc) is 3.31. The zero-order valence-electron chi connectivity index (χ0n) is 21.7. The summed E-state index contributed by atoms with van der Waals surface area (Å²) in [6.07, 6.45) is 0.736. The Hall–Kier alpha value is -2.54. The number of carbonyl (C=O) groups excluding carboxylic acids is 1. The molecular formula is C25H31BrN3O9P. The topological polar surface area (TPSA) is 161 Å². The van der Waals surface area contributed by atoms with E-state index < -0.39 is 49.5 Å². The van der Waals surface area contributed by atoms with E-state index in [0.717, 1.165) is 11.1 Å². The Morgan fingerprint density at radius 3 is 2.87 bits per heavy atom. The predicted molar refractivity (Wildman–Crippen MR) is 145 cm³/mol. The summed E-state index contributed by atoms with van der Waals surface area (Å²) >= 11 is 3.11. The third kappa shape index (κ3) is 6.62. The molecule has 0 aliphatic carbocycles. The van der Waals surface area contributed by atoms with Gasteiger partial charge in [-0.05, 0) is 29.5 Å². The summed E-state index contributed by atoms with van der Waals surface area (Å²) in [5.74, 6) is -0.345. The summed E-state index contributed by atoms with van der Waals surface area (Å²) in [7, 11) is -4.03. The molecule has 212 valence electrons. The number of aryl methyl sites for hydroxylation is 1. The van der Waals surface area contributed by atoms with Crippen LogP contribution in [0.4, 0.5) is 0 Å². The zero-order chi connectivity index (χ0) is 28.3. The van der Waals surface area contributed by atoms with E-state index in [9.17, 15) is 18.9 Å². The van der Waals surface area contributed by atoms with Crippen LogP contribution in [-0.2, 0) is 34.5 Å². The third-order valence-electron chi connectivity index (χ3n) is 6.80. The molecule has 39 heavy (non-hydrogen) atoms. The Labute approximate surface area is 233 Å². The number of aromatic nitrogens is 2. The fourth-order valence-corrected chi connectivity index (χ4v) is 5.81. The van der Waals surface area contributed by atoms with E-state index in [2.05, 4.69) is 20.9 Å². The van der Waals surface area contributed by atoms with Crippen LogP contribution in [0, 0.1) is 12.8 Å². The van der Waals surface area contributed by atoms with Crippen LogP contribution >= 0.6 is 23.8 Å². The predicted octanol–water partition coefficient (Wildman–Crippen LogP) is 3.52. The third-order valence-corrected chi connectivity index (χ3v) is 8.38. The summed E-state index contributed by atoms with van der Waals surface area (Å²) in [6, 6.07) is 4.58. The van der Waals surface area contributed by atoms with Gasteiger partial charge in [-0.1, -0.05) is 54.4 Å². The number of benzene rings is 1. The van der Waals surface area contributed by atoms with Gasteiger partial charge in [0.25, 0.3) is 5.56 Å². The first-order valence-corrected chi connectivity index (χ1v) is 14.8. The number of carbonyl (C=O) groups is 1. The normalized spacial score (nSPS) is 26.1. The number of hydrogen-bond donors (Lipinski definition) is 2. The maximum Gasteiger partial charge on any atom is 0.530 e. The van der Waals surface area contributed by atoms with Gasteiger partial charge >= 0.3 is 19.5 Å². The van der Waals surface area contributed by atoms with E-state index >= 15 is 0 Å². The summed E-state index contributed by atoms with van der Waals surface area (Å²) in [6.45, 7) is 5.25. The van der Waals surface area contributed by atoms with E-state index in [-0.39, 0.29) is 31.1 Å². The summed E-state index contributed by atoms with van der Waals surface area (Å²) < 4.78 is 42.8. The van der Waals surface area contributed by atoms with Crippen molar-refractivity contribution in [2.45, 2.75) is 64.7 Å². The molecule has 0 spiro atoms. The molecule has 0 saturated carbocycles. The number of fused-ring (bicyclic) bond motifs is 1. The molecule has 1 saturated heterocycles. The number of phosphoric ester groups is 1. The van der Waals surface area contributed by atoms with Crippen molar-refractivity contribution in [1.29, 1.82) is 0 Å². The van der Waals surface area contributed by atoms with Crippen LogP contribution in [0.1, 0.15) is 49.6 Å². The molecule has 4 rings (SSSR count). The standard InChI is InChI=1S/C25H31BrN3O9P/c1-4-14(2)21(27)24(31)37-18-10-20(29-11-16(8-9-26)23(30)28-25(29)32)36-19(18)13-35-39(33)34-12-17-7-5-6-15(3)22(17)38-39/h5-9,11,14,18-21H,4,10,12-13,27H2,1-3H3,(H,28,30,32)/b9-8+/t14?,18-,19+,20+,21-,39?/m0/s1. The van der Waals surface area contributed by atoms with E-state index in [1.165, 1.54) is 21.8 Å². The second-order valence-corrected chi connectivity index (χ2v) is 11.6. The van der Waals surface area contributed by atoms with Gasteiger partial charge in [0, 0.05) is 18.2 Å². The highest BCUT2D eigenvalue weighted by Gasteiger charge is 2.43. The van der Waals surface area contributed by atoms with Gasteiger partial charge in [-0.15, -0.1) is 0 Å². The minimum Gasteiger partial charge on any atom is -0.458 e. The molecule has 2 unspecified atom stereocenters. The molecular weight excluding hydrogens is 597 g/mol. The minimum atomic E-state index is -4.03. The lowest BCUT2D eigenvalue weighted by Crippen LogP contribution is -2.42. The average molecular weight is 628 g/mol. The number of para-hydroxylation sites is 1. The van der Waals surface area contributed by atoms with Crippen LogP contribution in [-0.4, -0.2) is 40.4 Å². The Morgan fingerprint density at radius 1 is 1.38 bits per heavy atom. The van der Waals surface area contributed by atoms with Crippen LogP contribution in [0.2, 0.25) is 0 Å². The Balaban J connectivity index is 1.56. The Morgan fingerprint density at radius 2 is 2.15 bits per heavy atom. The molecule has 2 aliphatic heterocycles. The van der Waals surface area contributed by atoms with Crippen LogP contribution in [0.3, 0.4) is 0 Å². The molecule has 12 nitrogen and oxygen atoms in total. The summed E-state index contributed by atoms with van der Waals surface area (Å²) in [5, 5.41) is 0. The van der Waals surface area contributed by atoms with Crippen molar-refractivity contribution < 1.29 is 32.4 Å². The zero-order valence-corrected chi connectivity index (χ0v) is 24.2. The van der Waals surface area contributed by atoms with Crippen molar-refractivity contribution in [3.8, 4) is 5.75 Å². The molecule has 1 aromatic heterocycles. The van der Waals surface area contributed by atoms with Crippen LogP contribution in [0.15, 0.2) is 39.0 Å². The quantitative estimate of drug-likeness (QED) is 0.311. The molecule has 3 N–H and O–H groups in total. The van der Waals surface area contributed by atoms with Crippen molar-refractivity contribution in [2.24, 2.45) is 11.7 Å². The highest BCUT2D eigenvalue weighted by Crippen LogP contribution is 2.55. The van der Waals surface area contributed by atoms with Gasteiger partial charge in [0.05, 0.1) is 18.8 Å². The first-order chi connectivity index (χ1) is 18.5. The van der Waals surface area contributed by atoms with Crippen LogP contribution in [0.25, 0.3) is 6.08 Å². The number of H-pyrrole nitrogens is 1. The second kappa shape index (κ2) is 12.3. The van der Waals surface area contributed by atoms with E-state index in [4.69, 9.17) is 28.8 Å².